The number of rotatable bonds is 5. The minimum atomic E-state index is -2.94. The minimum Gasteiger partial charge on any atom is -0.433 e. The maximum absolute atomic E-state index is 12.6. The number of benzene rings is 1. The number of amides is 1. The molecule has 0 bridgehead atoms. The zero-order chi connectivity index (χ0) is 17.1. The molecule has 1 aromatic carbocycles. The molecule has 6 nitrogen and oxygen atoms in total. The van der Waals surface area contributed by atoms with Crippen molar-refractivity contribution >= 4 is 17.4 Å². The molecule has 0 aliphatic carbocycles. The normalized spacial score (nSPS) is 17.4. The van der Waals surface area contributed by atoms with E-state index in [1.165, 1.54) is 17.2 Å². The Morgan fingerprint density at radius 2 is 2.12 bits per heavy atom. The highest BCUT2D eigenvalue weighted by Gasteiger charge is 2.34. The van der Waals surface area contributed by atoms with E-state index in [1.54, 1.807) is 31.3 Å². The van der Waals surface area contributed by atoms with Gasteiger partial charge in [0.1, 0.15) is 17.6 Å². The van der Waals surface area contributed by atoms with E-state index in [9.17, 15) is 13.6 Å². The van der Waals surface area contributed by atoms with Crippen molar-refractivity contribution in [2.75, 3.05) is 16.8 Å². The first kappa shape index (κ1) is 16.1. The summed E-state index contributed by atoms with van der Waals surface area (Å²) in [5.41, 5.74) is 1.07. The molecule has 1 amide bonds. The number of hydrogen-bond donors (Lipinski definition) is 1. The summed E-state index contributed by atoms with van der Waals surface area (Å²) in [6, 6.07) is 5.78. The maximum Gasteiger partial charge on any atom is 0.387 e. The third-order valence-corrected chi connectivity index (χ3v) is 3.65. The summed E-state index contributed by atoms with van der Waals surface area (Å²) in [6.45, 7) is -0.738. The summed E-state index contributed by atoms with van der Waals surface area (Å²) >= 11 is 0. The largest absolute Gasteiger partial charge is 0.433 e. The Balaban J connectivity index is 1.77. The lowest BCUT2D eigenvalue weighted by molar-refractivity contribution is -0.117. The zero-order valence-electron chi connectivity index (χ0n) is 12.9. The molecule has 1 saturated heterocycles. The number of anilines is 2. The van der Waals surface area contributed by atoms with Gasteiger partial charge in [-0.3, -0.25) is 9.78 Å². The van der Waals surface area contributed by atoms with Crippen molar-refractivity contribution < 1.29 is 18.3 Å². The van der Waals surface area contributed by atoms with E-state index in [1.807, 2.05) is 0 Å². The van der Waals surface area contributed by atoms with Gasteiger partial charge in [-0.1, -0.05) is 12.1 Å². The van der Waals surface area contributed by atoms with Gasteiger partial charge in [0.05, 0.1) is 17.6 Å². The van der Waals surface area contributed by atoms with E-state index in [0.29, 0.717) is 24.5 Å². The van der Waals surface area contributed by atoms with Crippen LogP contribution in [0.3, 0.4) is 0 Å². The minimum absolute atomic E-state index is 0.0168. The van der Waals surface area contributed by atoms with E-state index >= 15 is 0 Å². The number of alkyl halides is 2. The fourth-order valence-corrected chi connectivity index (χ4v) is 2.64. The van der Waals surface area contributed by atoms with Crippen LogP contribution in [0.15, 0.2) is 36.7 Å². The van der Waals surface area contributed by atoms with Crippen molar-refractivity contribution in [2.45, 2.75) is 26.0 Å². The molecule has 126 valence electrons. The number of para-hydroxylation sites is 2. The fraction of sp³-hybridized carbons (Fsp3) is 0.312. The lowest BCUT2D eigenvalue weighted by Gasteiger charge is -2.20. The Labute approximate surface area is 137 Å². The van der Waals surface area contributed by atoms with Gasteiger partial charge in [-0.2, -0.15) is 8.78 Å². The average molecular weight is 334 g/mol. The van der Waals surface area contributed by atoms with Crippen LogP contribution in [-0.4, -0.2) is 35.1 Å². The Kier molecular flexibility index (Phi) is 4.54. The van der Waals surface area contributed by atoms with Gasteiger partial charge in [-0.25, -0.2) is 4.98 Å². The van der Waals surface area contributed by atoms with E-state index in [2.05, 4.69) is 20.0 Å². The first-order valence-corrected chi connectivity index (χ1v) is 7.45. The Morgan fingerprint density at radius 1 is 1.33 bits per heavy atom. The number of carbonyl (C=O) groups is 1. The Bertz CT molecular complexity index is 742. The van der Waals surface area contributed by atoms with Gasteiger partial charge in [0, 0.05) is 12.7 Å². The summed E-state index contributed by atoms with van der Waals surface area (Å²) in [7, 11) is 0. The van der Waals surface area contributed by atoms with Gasteiger partial charge in [-0.15, -0.1) is 0 Å². The van der Waals surface area contributed by atoms with Crippen molar-refractivity contribution in [2.24, 2.45) is 0 Å². The van der Waals surface area contributed by atoms with E-state index < -0.39 is 12.7 Å². The van der Waals surface area contributed by atoms with Crippen LogP contribution in [0.25, 0.3) is 0 Å². The summed E-state index contributed by atoms with van der Waals surface area (Å²) in [5.74, 6) is 0.271. The Hall–Kier alpha value is -2.77. The third-order valence-electron chi connectivity index (χ3n) is 3.65. The van der Waals surface area contributed by atoms with Crippen molar-refractivity contribution in [3.63, 3.8) is 0 Å². The molecule has 0 radical (unpaired) electrons. The van der Waals surface area contributed by atoms with Crippen LogP contribution in [0.1, 0.15) is 12.1 Å². The van der Waals surface area contributed by atoms with Crippen LogP contribution in [0.2, 0.25) is 0 Å². The van der Waals surface area contributed by atoms with Crippen LogP contribution < -0.4 is 15.0 Å². The highest BCUT2D eigenvalue weighted by molar-refractivity contribution is 6.01. The highest BCUT2D eigenvalue weighted by atomic mass is 19.3. The highest BCUT2D eigenvalue weighted by Crippen LogP contribution is 2.32. The second-order valence-corrected chi connectivity index (χ2v) is 5.37. The van der Waals surface area contributed by atoms with Crippen LogP contribution in [0.5, 0.6) is 5.75 Å². The Morgan fingerprint density at radius 3 is 2.88 bits per heavy atom. The average Bonchev–Trinajstić information content (AvgIpc) is 2.88. The maximum atomic E-state index is 12.6. The molecule has 1 aliphatic heterocycles. The van der Waals surface area contributed by atoms with Gasteiger partial charge in [0.2, 0.25) is 5.91 Å². The van der Waals surface area contributed by atoms with E-state index in [0.717, 1.165) is 5.69 Å². The monoisotopic (exact) mass is 334 g/mol. The molecule has 2 aromatic rings. The molecule has 1 atom stereocenters. The first-order valence-electron chi connectivity index (χ1n) is 7.45. The second kappa shape index (κ2) is 6.77. The SMILES string of the molecule is Cc1cncc(N[C@@H]2CCN(c3ccccc3OC(F)F)C2=O)n1. The summed E-state index contributed by atoms with van der Waals surface area (Å²) < 4.78 is 29.6. The van der Waals surface area contributed by atoms with Crippen LogP contribution in [0.4, 0.5) is 20.3 Å². The second-order valence-electron chi connectivity index (χ2n) is 5.37. The predicted octanol–water partition coefficient (Wildman–Crippen LogP) is 2.60. The lowest BCUT2D eigenvalue weighted by atomic mass is 10.2. The molecule has 24 heavy (non-hydrogen) atoms. The molecular formula is C16H16F2N4O2. The van der Waals surface area contributed by atoms with Crippen LogP contribution in [-0.2, 0) is 4.79 Å². The molecule has 8 heteroatoms. The molecule has 2 heterocycles. The van der Waals surface area contributed by atoms with Gasteiger partial charge in [-0.05, 0) is 25.5 Å². The third kappa shape index (κ3) is 3.42. The molecule has 3 rings (SSSR count). The first-order chi connectivity index (χ1) is 11.5. The van der Waals surface area contributed by atoms with Crippen LogP contribution in [0, 0.1) is 6.92 Å². The molecule has 1 N–H and O–H groups in total. The molecule has 0 unspecified atom stereocenters. The smallest absolute Gasteiger partial charge is 0.387 e. The number of halogens is 2. The van der Waals surface area contributed by atoms with Gasteiger partial charge in [0.25, 0.3) is 0 Å². The van der Waals surface area contributed by atoms with Crippen LogP contribution >= 0.6 is 0 Å². The number of ether oxygens (including phenoxy) is 1. The number of carbonyl (C=O) groups excluding carboxylic acids is 1. The number of aryl methyl sites for hydroxylation is 1. The zero-order valence-corrected chi connectivity index (χ0v) is 12.9. The summed E-state index contributed by atoms with van der Waals surface area (Å²) in [5, 5.41) is 3.04. The van der Waals surface area contributed by atoms with Crippen molar-refractivity contribution in [3.8, 4) is 5.75 Å². The fourth-order valence-electron chi connectivity index (χ4n) is 2.64. The number of aromatic nitrogens is 2. The molecule has 1 aliphatic rings. The van der Waals surface area contributed by atoms with Crippen molar-refractivity contribution in [1.29, 1.82) is 0 Å². The molecule has 1 aromatic heterocycles. The van der Waals surface area contributed by atoms with Crippen molar-refractivity contribution in [3.05, 3.63) is 42.4 Å². The molecule has 0 saturated carbocycles. The summed E-state index contributed by atoms with van der Waals surface area (Å²) in [6.07, 6.45) is 3.68. The molecular weight excluding hydrogens is 318 g/mol. The number of nitrogens with one attached hydrogen (secondary N) is 1. The topological polar surface area (TPSA) is 67.3 Å². The predicted molar refractivity (Wildman–Crippen MR) is 84.2 cm³/mol. The van der Waals surface area contributed by atoms with Crippen molar-refractivity contribution in [1.82, 2.24) is 9.97 Å². The standard InChI is InChI=1S/C16H16F2N4O2/c1-10-8-19-9-14(20-10)21-11-6-7-22(15(11)23)12-4-2-3-5-13(12)24-16(17)18/h2-5,8-9,11,16H,6-7H2,1H3,(H,20,21)/t11-/m1/s1. The molecule has 0 spiro atoms. The lowest BCUT2D eigenvalue weighted by Crippen LogP contribution is -2.34. The molecule has 1 fully saturated rings. The van der Waals surface area contributed by atoms with E-state index in [4.69, 9.17) is 0 Å². The number of hydrogen-bond acceptors (Lipinski definition) is 5. The van der Waals surface area contributed by atoms with Gasteiger partial charge in [0.15, 0.2) is 0 Å². The quantitative estimate of drug-likeness (QED) is 0.910. The number of nitrogens with zero attached hydrogens (tertiary/aromatic N) is 3. The summed E-state index contributed by atoms with van der Waals surface area (Å²) in [4.78, 5) is 22.3. The van der Waals surface area contributed by atoms with E-state index in [-0.39, 0.29) is 11.7 Å². The van der Waals surface area contributed by atoms with Gasteiger partial charge >= 0.3 is 6.61 Å². The van der Waals surface area contributed by atoms with Gasteiger partial charge < -0.3 is 15.0 Å².